The predicted molar refractivity (Wildman–Crippen MR) is 108 cm³/mol. The van der Waals surface area contributed by atoms with E-state index in [1.165, 1.54) is 5.56 Å². The van der Waals surface area contributed by atoms with Gasteiger partial charge in [0, 0.05) is 38.3 Å². The van der Waals surface area contributed by atoms with Crippen molar-refractivity contribution in [2.45, 2.75) is 56.9 Å². The molecule has 0 amide bonds. The smallest absolute Gasteiger partial charge is 0.262 e. The Morgan fingerprint density at radius 2 is 1.97 bits per heavy atom. The number of sulfonamides is 1. The Kier molecular flexibility index (Phi) is 5.61. The summed E-state index contributed by atoms with van der Waals surface area (Å²) >= 11 is 0. The van der Waals surface area contributed by atoms with E-state index in [9.17, 15) is 8.42 Å². The molecule has 2 aliphatic rings. The quantitative estimate of drug-likeness (QED) is 0.714. The summed E-state index contributed by atoms with van der Waals surface area (Å²) in [5.74, 6) is 1.85. The van der Waals surface area contributed by atoms with Gasteiger partial charge < -0.3 is 9.30 Å². The molecular formula is C20H29N5O3S. The molecule has 0 spiro atoms. The molecule has 0 radical (unpaired) electrons. The zero-order valence-corrected chi connectivity index (χ0v) is 18.2. The summed E-state index contributed by atoms with van der Waals surface area (Å²) < 4.78 is 35.2. The van der Waals surface area contributed by atoms with Crippen LogP contribution in [0.5, 0.6) is 5.88 Å². The van der Waals surface area contributed by atoms with Gasteiger partial charge in [0.25, 0.3) is 10.0 Å². The normalized spacial score (nSPS) is 18.3. The second kappa shape index (κ2) is 8.02. The number of aryl methyl sites for hydroxylation is 3. The van der Waals surface area contributed by atoms with Crippen molar-refractivity contribution < 1.29 is 13.2 Å². The molecule has 2 aromatic rings. The van der Waals surface area contributed by atoms with Crippen molar-refractivity contribution in [3.05, 3.63) is 29.3 Å². The molecule has 0 N–H and O–H groups in total. The van der Waals surface area contributed by atoms with Crippen LogP contribution in [0.25, 0.3) is 0 Å². The van der Waals surface area contributed by atoms with Crippen LogP contribution in [-0.4, -0.2) is 52.2 Å². The van der Waals surface area contributed by atoms with E-state index in [1.54, 1.807) is 15.1 Å². The molecule has 158 valence electrons. The molecule has 0 saturated carbocycles. The maximum atomic E-state index is 13.0. The van der Waals surface area contributed by atoms with E-state index in [1.807, 2.05) is 27.0 Å². The molecule has 1 fully saturated rings. The summed E-state index contributed by atoms with van der Waals surface area (Å²) in [5, 5.41) is 8.56. The molecule has 1 saturated heterocycles. The maximum Gasteiger partial charge on any atom is 0.262 e. The summed E-state index contributed by atoms with van der Waals surface area (Å²) in [5.41, 5.74) is 2.33. The minimum Gasteiger partial charge on any atom is -0.476 e. The maximum absolute atomic E-state index is 13.0. The number of ether oxygens (including phenoxy) is 1. The third-order valence-electron chi connectivity index (χ3n) is 5.85. The zero-order valence-electron chi connectivity index (χ0n) is 17.3. The van der Waals surface area contributed by atoms with Crippen LogP contribution >= 0.6 is 0 Å². The van der Waals surface area contributed by atoms with Crippen LogP contribution in [0.15, 0.2) is 17.3 Å². The van der Waals surface area contributed by atoms with Crippen LogP contribution in [-0.2, 0) is 29.9 Å². The van der Waals surface area contributed by atoms with Crippen LogP contribution in [0.2, 0.25) is 0 Å². The Balaban J connectivity index is 1.33. The monoisotopic (exact) mass is 419 g/mol. The first kappa shape index (κ1) is 20.3. The number of aromatic nitrogens is 4. The van der Waals surface area contributed by atoms with Gasteiger partial charge in [0.2, 0.25) is 5.88 Å². The van der Waals surface area contributed by atoms with Gasteiger partial charge in [0.1, 0.15) is 5.82 Å². The van der Waals surface area contributed by atoms with Crippen molar-refractivity contribution in [2.75, 3.05) is 19.7 Å². The first-order chi connectivity index (χ1) is 13.8. The van der Waals surface area contributed by atoms with Gasteiger partial charge in [0.05, 0.1) is 12.3 Å². The molecule has 1 aliphatic carbocycles. The molecule has 2 aromatic heterocycles. The second-order valence-corrected chi connectivity index (χ2v) is 10.3. The van der Waals surface area contributed by atoms with Gasteiger partial charge in [0.15, 0.2) is 5.03 Å². The lowest BCUT2D eigenvalue weighted by atomic mass is 9.99. The van der Waals surface area contributed by atoms with Crippen molar-refractivity contribution in [1.82, 2.24) is 24.1 Å². The van der Waals surface area contributed by atoms with Crippen molar-refractivity contribution in [3.63, 3.8) is 0 Å². The van der Waals surface area contributed by atoms with Crippen LogP contribution in [0, 0.1) is 5.92 Å². The largest absolute Gasteiger partial charge is 0.476 e. The van der Waals surface area contributed by atoms with Gasteiger partial charge in [-0.05, 0) is 43.6 Å². The van der Waals surface area contributed by atoms with E-state index >= 15 is 0 Å². The number of imidazole rings is 1. The molecule has 0 unspecified atom stereocenters. The fourth-order valence-corrected chi connectivity index (χ4v) is 5.60. The van der Waals surface area contributed by atoms with Crippen LogP contribution in [0.1, 0.15) is 56.1 Å². The summed E-state index contributed by atoms with van der Waals surface area (Å²) in [7, 11) is -1.72. The van der Waals surface area contributed by atoms with Crippen molar-refractivity contribution in [2.24, 2.45) is 13.0 Å². The number of hydrogen-bond acceptors (Lipinski definition) is 6. The lowest BCUT2D eigenvalue weighted by Crippen LogP contribution is -2.39. The van der Waals surface area contributed by atoms with Crippen LogP contribution in [0.3, 0.4) is 0 Å². The standard InChI is InChI=1S/C20H29N5O3S/c1-14(2)20-21-19(12-24(20)3)29(26,27)25-9-7-15(8-10-25)13-28-18-11-16-5-4-6-17(16)22-23-18/h11-12,14-15H,4-10,13H2,1-3H3. The van der Waals surface area contributed by atoms with Gasteiger partial charge >= 0.3 is 0 Å². The SMILES string of the molecule is CC(C)c1nc(S(=O)(=O)N2CCC(COc3cc4c(nn3)CCC4)CC2)cn1C. The van der Waals surface area contributed by atoms with Gasteiger partial charge in [-0.25, -0.2) is 13.4 Å². The number of fused-ring (bicyclic) bond motifs is 1. The Morgan fingerprint density at radius 1 is 1.21 bits per heavy atom. The third-order valence-corrected chi connectivity index (χ3v) is 7.62. The predicted octanol–water partition coefficient (Wildman–Crippen LogP) is 2.30. The Bertz CT molecular complexity index is 978. The molecule has 0 atom stereocenters. The van der Waals surface area contributed by atoms with Gasteiger partial charge in [-0.1, -0.05) is 13.8 Å². The first-order valence-corrected chi connectivity index (χ1v) is 11.8. The van der Waals surface area contributed by atoms with Crippen molar-refractivity contribution in [3.8, 4) is 5.88 Å². The van der Waals surface area contributed by atoms with E-state index in [0.29, 0.717) is 31.5 Å². The molecule has 0 aromatic carbocycles. The lowest BCUT2D eigenvalue weighted by Gasteiger charge is -2.30. The minimum absolute atomic E-state index is 0.145. The average molecular weight is 420 g/mol. The van der Waals surface area contributed by atoms with Gasteiger partial charge in [-0.3, -0.25) is 0 Å². The number of hydrogen-bond donors (Lipinski definition) is 0. The molecule has 9 heteroatoms. The average Bonchev–Trinajstić information content (AvgIpc) is 3.33. The van der Waals surface area contributed by atoms with E-state index < -0.39 is 10.0 Å². The highest BCUT2D eigenvalue weighted by atomic mass is 32.2. The molecule has 1 aliphatic heterocycles. The van der Waals surface area contributed by atoms with E-state index in [0.717, 1.165) is 43.6 Å². The zero-order chi connectivity index (χ0) is 20.6. The first-order valence-electron chi connectivity index (χ1n) is 10.4. The molecule has 29 heavy (non-hydrogen) atoms. The van der Waals surface area contributed by atoms with Gasteiger partial charge in [-0.15, -0.1) is 5.10 Å². The second-order valence-electron chi connectivity index (χ2n) is 8.37. The number of nitrogens with zero attached hydrogens (tertiary/aromatic N) is 5. The van der Waals surface area contributed by atoms with E-state index in [4.69, 9.17) is 4.74 Å². The van der Waals surface area contributed by atoms with Crippen LogP contribution < -0.4 is 4.74 Å². The topological polar surface area (TPSA) is 90.2 Å². The fourth-order valence-electron chi connectivity index (χ4n) is 4.14. The van der Waals surface area contributed by atoms with Gasteiger partial charge in [-0.2, -0.15) is 9.40 Å². The molecule has 3 heterocycles. The fraction of sp³-hybridized carbons (Fsp3) is 0.650. The number of rotatable bonds is 6. The molecule has 4 rings (SSSR count). The summed E-state index contributed by atoms with van der Waals surface area (Å²) in [4.78, 5) is 4.37. The van der Waals surface area contributed by atoms with Crippen molar-refractivity contribution >= 4 is 10.0 Å². The minimum atomic E-state index is -3.56. The highest BCUT2D eigenvalue weighted by Crippen LogP contribution is 2.26. The summed E-state index contributed by atoms with van der Waals surface area (Å²) in [6, 6.07) is 2.00. The summed E-state index contributed by atoms with van der Waals surface area (Å²) in [6.07, 6.45) is 6.33. The Labute approximate surface area is 172 Å². The van der Waals surface area contributed by atoms with Crippen molar-refractivity contribution in [1.29, 1.82) is 0 Å². The summed E-state index contributed by atoms with van der Waals surface area (Å²) in [6.45, 7) is 5.53. The molecule has 8 nitrogen and oxygen atoms in total. The lowest BCUT2D eigenvalue weighted by molar-refractivity contribution is 0.179. The molecular weight excluding hydrogens is 390 g/mol. The Morgan fingerprint density at radius 3 is 2.66 bits per heavy atom. The molecule has 0 bridgehead atoms. The van der Waals surface area contributed by atoms with Crippen LogP contribution in [0.4, 0.5) is 0 Å². The Hall–Kier alpha value is -2.00. The van der Waals surface area contributed by atoms with E-state index in [2.05, 4.69) is 15.2 Å². The highest BCUT2D eigenvalue weighted by molar-refractivity contribution is 7.89. The highest BCUT2D eigenvalue weighted by Gasteiger charge is 2.32. The van der Waals surface area contributed by atoms with E-state index in [-0.39, 0.29) is 10.9 Å². The number of piperidine rings is 1. The third kappa shape index (κ3) is 4.16.